The summed E-state index contributed by atoms with van der Waals surface area (Å²) in [5.41, 5.74) is 2.74. The van der Waals surface area contributed by atoms with E-state index in [1.54, 1.807) is 0 Å². The second kappa shape index (κ2) is 7.09. The van der Waals surface area contributed by atoms with Gasteiger partial charge in [0.15, 0.2) is 0 Å². The van der Waals surface area contributed by atoms with Crippen LogP contribution in [0.1, 0.15) is 32.8 Å². The van der Waals surface area contributed by atoms with Crippen molar-refractivity contribution in [1.82, 2.24) is 5.32 Å². The van der Waals surface area contributed by atoms with Crippen LogP contribution in [0.2, 0.25) is 0 Å². The van der Waals surface area contributed by atoms with Crippen LogP contribution in [0.3, 0.4) is 0 Å². The minimum atomic E-state index is 0.342. The van der Waals surface area contributed by atoms with Gasteiger partial charge in [-0.15, -0.1) is 0 Å². The second-order valence-electron chi connectivity index (χ2n) is 6.15. The third-order valence-corrected chi connectivity index (χ3v) is 4.23. The Balaban J connectivity index is 2.11. The molecule has 20 heavy (non-hydrogen) atoms. The lowest BCUT2D eigenvalue weighted by Gasteiger charge is -2.38. The van der Waals surface area contributed by atoms with E-state index in [-0.39, 0.29) is 0 Å². The molecule has 2 atom stereocenters. The van der Waals surface area contributed by atoms with Crippen molar-refractivity contribution in [1.29, 1.82) is 0 Å². The molecule has 3 nitrogen and oxygen atoms in total. The second-order valence-corrected chi connectivity index (χ2v) is 6.15. The summed E-state index contributed by atoms with van der Waals surface area (Å²) in [5, 5.41) is 3.52. The van der Waals surface area contributed by atoms with Crippen molar-refractivity contribution < 1.29 is 4.74 Å². The summed E-state index contributed by atoms with van der Waals surface area (Å²) >= 11 is 0. The number of benzene rings is 1. The molecule has 112 valence electrons. The van der Waals surface area contributed by atoms with Crippen LogP contribution in [-0.2, 0) is 11.3 Å². The van der Waals surface area contributed by atoms with Gasteiger partial charge < -0.3 is 15.0 Å². The number of para-hydroxylation sites is 1. The van der Waals surface area contributed by atoms with Gasteiger partial charge in [0.25, 0.3) is 0 Å². The molecule has 0 bridgehead atoms. The Hall–Kier alpha value is -1.06. The van der Waals surface area contributed by atoms with Gasteiger partial charge in [0, 0.05) is 38.5 Å². The summed E-state index contributed by atoms with van der Waals surface area (Å²) in [7, 11) is 1.83. The molecule has 0 aliphatic carbocycles. The zero-order valence-electron chi connectivity index (χ0n) is 13.2. The Labute approximate surface area is 123 Å². The molecule has 0 saturated carbocycles. The zero-order valence-corrected chi connectivity index (χ0v) is 13.2. The van der Waals surface area contributed by atoms with Crippen LogP contribution in [0.4, 0.5) is 5.69 Å². The highest BCUT2D eigenvalue weighted by Gasteiger charge is 2.26. The Morgan fingerprint density at radius 3 is 2.80 bits per heavy atom. The molecule has 1 heterocycles. The number of nitrogens with zero attached hydrogens (tertiary/aromatic N) is 1. The fourth-order valence-electron chi connectivity index (χ4n) is 2.84. The lowest BCUT2D eigenvalue weighted by molar-refractivity contribution is 0.0498. The Morgan fingerprint density at radius 2 is 2.10 bits per heavy atom. The molecule has 0 amide bonds. The monoisotopic (exact) mass is 276 g/mol. The summed E-state index contributed by atoms with van der Waals surface area (Å²) in [6.45, 7) is 9.71. The molecule has 0 radical (unpaired) electrons. The van der Waals surface area contributed by atoms with E-state index in [1.807, 2.05) is 7.11 Å². The molecule has 0 spiro atoms. The molecule has 1 aliphatic rings. The maximum Gasteiger partial charge on any atom is 0.0772 e. The first-order valence-corrected chi connectivity index (χ1v) is 7.71. The van der Waals surface area contributed by atoms with Gasteiger partial charge in [-0.2, -0.15) is 0 Å². The normalized spacial score (nSPS) is 23.4. The van der Waals surface area contributed by atoms with E-state index < -0.39 is 0 Å². The van der Waals surface area contributed by atoms with Crippen molar-refractivity contribution in [2.45, 2.75) is 45.9 Å². The van der Waals surface area contributed by atoms with Gasteiger partial charge in [0.05, 0.1) is 6.10 Å². The number of methoxy groups -OCH3 is 1. The van der Waals surface area contributed by atoms with Crippen molar-refractivity contribution in [2.75, 3.05) is 25.1 Å². The van der Waals surface area contributed by atoms with Crippen LogP contribution in [0.25, 0.3) is 0 Å². The number of anilines is 1. The first kappa shape index (κ1) is 15.3. The topological polar surface area (TPSA) is 24.5 Å². The lowest BCUT2D eigenvalue weighted by atomic mass is 9.95. The molecule has 2 rings (SSSR count). The predicted octanol–water partition coefficient (Wildman–Crippen LogP) is 3.05. The quantitative estimate of drug-likeness (QED) is 0.894. The maximum absolute atomic E-state index is 5.64. The number of nitrogens with one attached hydrogen (secondary N) is 1. The first-order chi connectivity index (χ1) is 9.61. The molecule has 1 saturated heterocycles. The molecule has 1 aromatic rings. The van der Waals surface area contributed by atoms with Gasteiger partial charge in [-0.05, 0) is 24.0 Å². The molecule has 1 aromatic carbocycles. The summed E-state index contributed by atoms with van der Waals surface area (Å²) < 4.78 is 5.64. The van der Waals surface area contributed by atoms with Crippen molar-refractivity contribution in [3.63, 3.8) is 0 Å². The summed E-state index contributed by atoms with van der Waals surface area (Å²) in [4.78, 5) is 2.48. The largest absolute Gasteiger partial charge is 0.379 e. The number of rotatable bonds is 5. The Kier molecular flexibility index (Phi) is 5.44. The SMILES string of the molecule is COC1CN(c2ccccc2CNC(C)C)CCC1C. The third-order valence-electron chi connectivity index (χ3n) is 4.23. The molecular weight excluding hydrogens is 248 g/mol. The van der Waals surface area contributed by atoms with E-state index >= 15 is 0 Å². The Morgan fingerprint density at radius 1 is 1.35 bits per heavy atom. The van der Waals surface area contributed by atoms with Crippen LogP contribution in [0, 0.1) is 5.92 Å². The highest BCUT2D eigenvalue weighted by Crippen LogP contribution is 2.27. The highest BCUT2D eigenvalue weighted by molar-refractivity contribution is 5.54. The number of hydrogen-bond acceptors (Lipinski definition) is 3. The van der Waals surface area contributed by atoms with E-state index in [4.69, 9.17) is 4.74 Å². The number of ether oxygens (including phenoxy) is 1. The minimum Gasteiger partial charge on any atom is -0.379 e. The van der Waals surface area contributed by atoms with Crippen molar-refractivity contribution in [3.05, 3.63) is 29.8 Å². The van der Waals surface area contributed by atoms with E-state index in [9.17, 15) is 0 Å². The molecule has 1 N–H and O–H groups in total. The Bertz CT molecular complexity index is 419. The summed E-state index contributed by atoms with van der Waals surface area (Å²) in [6.07, 6.45) is 1.54. The van der Waals surface area contributed by atoms with Gasteiger partial charge >= 0.3 is 0 Å². The maximum atomic E-state index is 5.64. The smallest absolute Gasteiger partial charge is 0.0772 e. The van der Waals surface area contributed by atoms with E-state index in [1.165, 1.54) is 17.7 Å². The molecule has 0 aromatic heterocycles. The van der Waals surface area contributed by atoms with E-state index in [0.29, 0.717) is 18.1 Å². The van der Waals surface area contributed by atoms with Crippen LogP contribution in [0.15, 0.2) is 24.3 Å². The molecule has 3 heteroatoms. The predicted molar refractivity (Wildman–Crippen MR) is 85.2 cm³/mol. The molecule has 1 fully saturated rings. The van der Waals surface area contributed by atoms with Gasteiger partial charge in [-0.1, -0.05) is 39.0 Å². The van der Waals surface area contributed by atoms with Crippen molar-refractivity contribution in [2.24, 2.45) is 5.92 Å². The summed E-state index contributed by atoms with van der Waals surface area (Å²) in [6, 6.07) is 9.23. The standard InChI is InChI=1S/C17H28N2O/c1-13(2)18-11-15-7-5-6-8-16(15)19-10-9-14(3)17(12-19)20-4/h5-8,13-14,17-18H,9-12H2,1-4H3. The van der Waals surface area contributed by atoms with Gasteiger partial charge in [-0.25, -0.2) is 0 Å². The molecule has 2 unspecified atom stereocenters. The average Bonchev–Trinajstić information content (AvgIpc) is 2.46. The van der Waals surface area contributed by atoms with Crippen molar-refractivity contribution in [3.8, 4) is 0 Å². The van der Waals surface area contributed by atoms with Crippen LogP contribution in [-0.4, -0.2) is 32.3 Å². The fourth-order valence-corrected chi connectivity index (χ4v) is 2.84. The molecular formula is C17H28N2O. The molecule has 1 aliphatic heterocycles. The fraction of sp³-hybridized carbons (Fsp3) is 0.647. The third kappa shape index (κ3) is 3.74. The lowest BCUT2D eigenvalue weighted by Crippen LogP contribution is -2.44. The zero-order chi connectivity index (χ0) is 14.5. The number of piperidine rings is 1. The van der Waals surface area contributed by atoms with Crippen LogP contribution in [0.5, 0.6) is 0 Å². The number of hydrogen-bond donors (Lipinski definition) is 1. The van der Waals surface area contributed by atoms with Gasteiger partial charge in [0.2, 0.25) is 0 Å². The van der Waals surface area contributed by atoms with Crippen LogP contribution < -0.4 is 10.2 Å². The van der Waals surface area contributed by atoms with E-state index in [0.717, 1.165) is 19.6 Å². The average molecular weight is 276 g/mol. The van der Waals surface area contributed by atoms with Crippen molar-refractivity contribution >= 4 is 5.69 Å². The van der Waals surface area contributed by atoms with Crippen LogP contribution >= 0.6 is 0 Å². The van der Waals surface area contributed by atoms with Gasteiger partial charge in [0.1, 0.15) is 0 Å². The summed E-state index contributed by atoms with van der Waals surface area (Å²) in [5.74, 6) is 0.650. The first-order valence-electron chi connectivity index (χ1n) is 7.71. The highest BCUT2D eigenvalue weighted by atomic mass is 16.5. The van der Waals surface area contributed by atoms with Gasteiger partial charge in [-0.3, -0.25) is 0 Å². The minimum absolute atomic E-state index is 0.342. The van der Waals surface area contributed by atoms with E-state index in [2.05, 4.69) is 55.3 Å².